The van der Waals surface area contributed by atoms with Crippen LogP contribution in [0.4, 0.5) is 0 Å². The van der Waals surface area contributed by atoms with Crippen LogP contribution in [0.15, 0.2) is 0 Å². The molecule has 0 aromatic rings. The number of esters is 1. The minimum Gasteiger partial charge on any atom is -0.483 e. The van der Waals surface area contributed by atoms with Crippen LogP contribution >= 0.6 is 0 Å². The lowest BCUT2D eigenvalue weighted by Crippen LogP contribution is -2.01. The molecule has 0 rings (SSSR count). The number of carboxylic acid groups (broad SMARTS) is 1. The van der Waals surface area contributed by atoms with Crippen LogP contribution in [0.1, 0.15) is 26.7 Å². The Hall–Kier alpha value is -1.06. The molecule has 0 atom stereocenters. The standard InChI is InChI=1S/C6H12O2.CH2O2/c1-3-5-6(7)8-4-2;2-1-3/h3-5H2,1-2H3;1H,(H,2,3). The van der Waals surface area contributed by atoms with Crippen molar-refractivity contribution in [3.8, 4) is 0 Å². The molecular formula is C7H14O4. The minimum absolute atomic E-state index is 0.0880. The van der Waals surface area contributed by atoms with Gasteiger partial charge in [0, 0.05) is 6.42 Å². The second kappa shape index (κ2) is 11.7. The fourth-order valence-corrected chi connectivity index (χ4v) is 0.437. The van der Waals surface area contributed by atoms with Crippen molar-refractivity contribution in [2.24, 2.45) is 0 Å². The molecule has 0 amide bonds. The zero-order valence-corrected chi connectivity index (χ0v) is 6.87. The van der Waals surface area contributed by atoms with Crippen LogP contribution in [-0.4, -0.2) is 24.2 Å². The van der Waals surface area contributed by atoms with Crippen molar-refractivity contribution in [3.05, 3.63) is 0 Å². The van der Waals surface area contributed by atoms with E-state index in [0.29, 0.717) is 13.0 Å². The first-order valence-corrected chi connectivity index (χ1v) is 3.46. The zero-order chi connectivity index (χ0) is 9.11. The summed E-state index contributed by atoms with van der Waals surface area (Å²) in [4.78, 5) is 18.8. The van der Waals surface area contributed by atoms with Crippen molar-refractivity contribution in [3.63, 3.8) is 0 Å². The molecule has 0 radical (unpaired) electrons. The summed E-state index contributed by atoms with van der Waals surface area (Å²) in [5, 5.41) is 6.89. The first-order chi connectivity index (χ1) is 5.22. The summed E-state index contributed by atoms with van der Waals surface area (Å²) >= 11 is 0. The molecule has 0 aliphatic rings. The van der Waals surface area contributed by atoms with E-state index in [4.69, 9.17) is 9.90 Å². The van der Waals surface area contributed by atoms with Gasteiger partial charge in [-0.3, -0.25) is 9.59 Å². The Kier molecular flexibility index (Phi) is 13.4. The van der Waals surface area contributed by atoms with Crippen molar-refractivity contribution in [1.82, 2.24) is 0 Å². The maximum Gasteiger partial charge on any atom is 0.305 e. The molecule has 0 saturated carbocycles. The highest BCUT2D eigenvalue weighted by Gasteiger charge is 1.95. The number of rotatable bonds is 3. The quantitative estimate of drug-likeness (QED) is 0.497. The van der Waals surface area contributed by atoms with Gasteiger partial charge in [0.2, 0.25) is 0 Å². The predicted octanol–water partition coefficient (Wildman–Crippen LogP) is 1.05. The van der Waals surface area contributed by atoms with Crippen LogP contribution in [0, 0.1) is 0 Å². The summed E-state index contributed by atoms with van der Waals surface area (Å²) in [7, 11) is 0. The molecule has 0 heterocycles. The van der Waals surface area contributed by atoms with Gasteiger partial charge in [-0.1, -0.05) is 6.92 Å². The van der Waals surface area contributed by atoms with Crippen LogP contribution in [0.5, 0.6) is 0 Å². The van der Waals surface area contributed by atoms with Crippen LogP contribution in [-0.2, 0) is 14.3 Å². The third kappa shape index (κ3) is 17.6. The van der Waals surface area contributed by atoms with Crippen molar-refractivity contribution in [2.45, 2.75) is 26.7 Å². The van der Waals surface area contributed by atoms with Gasteiger partial charge in [-0.15, -0.1) is 0 Å². The van der Waals surface area contributed by atoms with Crippen LogP contribution in [0.3, 0.4) is 0 Å². The smallest absolute Gasteiger partial charge is 0.305 e. The third-order valence-electron chi connectivity index (χ3n) is 0.759. The minimum atomic E-state index is -0.250. The van der Waals surface area contributed by atoms with Gasteiger partial charge >= 0.3 is 5.97 Å². The second-order valence-electron chi connectivity index (χ2n) is 1.66. The Balaban J connectivity index is 0. The highest BCUT2D eigenvalue weighted by Crippen LogP contribution is 1.89. The topological polar surface area (TPSA) is 63.6 Å². The van der Waals surface area contributed by atoms with E-state index in [9.17, 15) is 4.79 Å². The molecule has 0 unspecified atom stereocenters. The summed E-state index contributed by atoms with van der Waals surface area (Å²) in [6, 6.07) is 0. The summed E-state index contributed by atoms with van der Waals surface area (Å²) in [5.74, 6) is -0.0880. The van der Waals surface area contributed by atoms with Gasteiger partial charge < -0.3 is 9.84 Å². The normalized spacial score (nSPS) is 7.45. The van der Waals surface area contributed by atoms with Gasteiger partial charge in [-0.05, 0) is 13.3 Å². The van der Waals surface area contributed by atoms with Gasteiger partial charge in [-0.25, -0.2) is 0 Å². The van der Waals surface area contributed by atoms with Crippen LogP contribution in [0.2, 0.25) is 0 Å². The number of hydrogen-bond acceptors (Lipinski definition) is 3. The second-order valence-corrected chi connectivity index (χ2v) is 1.66. The highest BCUT2D eigenvalue weighted by atomic mass is 16.5. The summed E-state index contributed by atoms with van der Waals surface area (Å²) in [6.45, 7) is 4.02. The monoisotopic (exact) mass is 162 g/mol. The molecule has 11 heavy (non-hydrogen) atoms. The first-order valence-electron chi connectivity index (χ1n) is 3.46. The molecule has 0 aliphatic carbocycles. The maximum absolute atomic E-state index is 10.4. The van der Waals surface area contributed by atoms with E-state index in [2.05, 4.69) is 4.74 Å². The molecule has 4 heteroatoms. The Morgan fingerprint density at radius 3 is 2.27 bits per heavy atom. The van der Waals surface area contributed by atoms with Gasteiger partial charge in [0.05, 0.1) is 6.61 Å². The molecule has 66 valence electrons. The van der Waals surface area contributed by atoms with E-state index in [1.165, 1.54) is 0 Å². The van der Waals surface area contributed by atoms with E-state index in [1.54, 1.807) is 0 Å². The fraction of sp³-hybridized carbons (Fsp3) is 0.714. The lowest BCUT2D eigenvalue weighted by atomic mass is 10.3. The molecule has 0 spiro atoms. The highest BCUT2D eigenvalue weighted by molar-refractivity contribution is 5.69. The summed E-state index contributed by atoms with van der Waals surface area (Å²) in [5.41, 5.74) is 0. The maximum atomic E-state index is 10.4. The van der Waals surface area contributed by atoms with Crippen molar-refractivity contribution in [2.75, 3.05) is 6.61 Å². The number of hydrogen-bond donors (Lipinski definition) is 1. The Labute approximate surface area is 66.2 Å². The van der Waals surface area contributed by atoms with E-state index in [1.807, 2.05) is 13.8 Å². The average molecular weight is 162 g/mol. The molecule has 4 nitrogen and oxygen atoms in total. The summed E-state index contributed by atoms with van der Waals surface area (Å²) < 4.78 is 4.64. The van der Waals surface area contributed by atoms with E-state index >= 15 is 0 Å². The molecule has 0 aromatic carbocycles. The van der Waals surface area contributed by atoms with E-state index < -0.39 is 0 Å². The van der Waals surface area contributed by atoms with E-state index in [-0.39, 0.29) is 12.4 Å². The van der Waals surface area contributed by atoms with Crippen LogP contribution in [0.25, 0.3) is 0 Å². The Morgan fingerprint density at radius 1 is 1.55 bits per heavy atom. The lowest BCUT2D eigenvalue weighted by Gasteiger charge is -1.96. The third-order valence-corrected chi connectivity index (χ3v) is 0.759. The molecule has 0 saturated heterocycles. The molecule has 0 aromatic heterocycles. The van der Waals surface area contributed by atoms with Gasteiger partial charge in [0.15, 0.2) is 0 Å². The lowest BCUT2D eigenvalue weighted by molar-refractivity contribution is -0.143. The Morgan fingerprint density at radius 2 is 2.00 bits per heavy atom. The molecule has 0 aliphatic heterocycles. The van der Waals surface area contributed by atoms with Gasteiger partial charge in [0.1, 0.15) is 0 Å². The summed E-state index contributed by atoms with van der Waals surface area (Å²) in [6.07, 6.45) is 1.42. The first kappa shape index (κ1) is 12.6. The largest absolute Gasteiger partial charge is 0.483 e. The number of carbonyl (C=O) groups is 2. The van der Waals surface area contributed by atoms with Gasteiger partial charge in [0.25, 0.3) is 6.47 Å². The van der Waals surface area contributed by atoms with Crippen molar-refractivity contribution in [1.29, 1.82) is 0 Å². The average Bonchev–Trinajstić information content (AvgIpc) is 1.90. The fourth-order valence-electron chi connectivity index (χ4n) is 0.437. The molecular weight excluding hydrogens is 148 g/mol. The number of carbonyl (C=O) groups excluding carboxylic acids is 1. The van der Waals surface area contributed by atoms with Crippen LogP contribution < -0.4 is 0 Å². The predicted molar refractivity (Wildman–Crippen MR) is 40.2 cm³/mol. The van der Waals surface area contributed by atoms with E-state index in [0.717, 1.165) is 6.42 Å². The van der Waals surface area contributed by atoms with Crippen molar-refractivity contribution < 1.29 is 19.4 Å². The SMILES string of the molecule is CCCC(=O)OCC.O=CO. The molecule has 1 N–H and O–H groups in total. The molecule has 0 bridgehead atoms. The number of ether oxygens (including phenoxy) is 1. The molecule has 0 fully saturated rings. The van der Waals surface area contributed by atoms with Gasteiger partial charge in [-0.2, -0.15) is 0 Å². The zero-order valence-electron chi connectivity index (χ0n) is 6.87. The van der Waals surface area contributed by atoms with Crippen molar-refractivity contribution >= 4 is 12.4 Å². The Bertz CT molecular complexity index is 92.6.